The third-order valence-electron chi connectivity index (χ3n) is 2.21. The van der Waals surface area contributed by atoms with Crippen LogP contribution < -0.4 is 4.74 Å². The number of benzene rings is 1. The molecule has 0 aromatic heterocycles. The molecular weight excluding hydrogens is 260 g/mol. The Morgan fingerprint density at radius 1 is 1.05 bits per heavy atom. The molecule has 1 aromatic carbocycles. The Hall–Kier alpha value is -2.30. The van der Waals surface area contributed by atoms with Gasteiger partial charge < -0.3 is 14.2 Å². The maximum atomic E-state index is 11.4. The van der Waals surface area contributed by atoms with Crippen molar-refractivity contribution in [2.75, 3.05) is 19.8 Å². The lowest BCUT2D eigenvalue weighted by Crippen LogP contribution is -2.11. The molecule has 1 aromatic rings. The average molecular weight is 278 g/mol. The molecule has 0 aliphatic heterocycles. The van der Waals surface area contributed by atoms with Gasteiger partial charge in [0, 0.05) is 13.0 Å². The molecule has 5 heteroatoms. The third-order valence-corrected chi connectivity index (χ3v) is 2.21. The number of esters is 2. The van der Waals surface area contributed by atoms with Crippen molar-refractivity contribution in [1.29, 1.82) is 0 Å². The summed E-state index contributed by atoms with van der Waals surface area (Å²) in [5.74, 6) is -0.140. The molecule has 0 spiro atoms. The largest absolute Gasteiger partial charge is 0.490 e. The molecule has 0 amide bonds. The first-order chi connectivity index (χ1) is 9.58. The van der Waals surface area contributed by atoms with E-state index in [2.05, 4.69) is 0 Å². The van der Waals surface area contributed by atoms with E-state index < -0.39 is 5.97 Å². The van der Waals surface area contributed by atoms with E-state index in [1.807, 2.05) is 30.3 Å². The van der Waals surface area contributed by atoms with Crippen molar-refractivity contribution in [3.8, 4) is 5.75 Å². The first-order valence-corrected chi connectivity index (χ1v) is 6.23. The molecule has 0 fully saturated rings. The summed E-state index contributed by atoms with van der Waals surface area (Å²) in [5.41, 5.74) is 0.620. The Morgan fingerprint density at radius 2 is 1.75 bits per heavy atom. The van der Waals surface area contributed by atoms with E-state index in [0.29, 0.717) is 5.57 Å². The summed E-state index contributed by atoms with van der Waals surface area (Å²) in [4.78, 5) is 22.0. The van der Waals surface area contributed by atoms with Crippen molar-refractivity contribution in [2.45, 2.75) is 13.8 Å². The highest BCUT2D eigenvalue weighted by Crippen LogP contribution is 2.07. The minimum absolute atomic E-state index is 0.0882. The molecule has 5 nitrogen and oxygen atoms in total. The standard InChI is InChI=1S/C15H18O5/c1-12(11-20-13(2)16)10-15(17)19-9-8-18-14-6-4-3-5-7-14/h3-7,10H,8-9,11H2,1-2H3. The molecule has 108 valence electrons. The SMILES string of the molecule is CC(=O)OCC(C)=CC(=O)OCCOc1ccccc1. The van der Waals surface area contributed by atoms with E-state index in [1.165, 1.54) is 13.0 Å². The molecule has 20 heavy (non-hydrogen) atoms. The molecule has 0 radical (unpaired) electrons. The van der Waals surface area contributed by atoms with Gasteiger partial charge in [-0.1, -0.05) is 18.2 Å². The van der Waals surface area contributed by atoms with Crippen LogP contribution in [0.3, 0.4) is 0 Å². The second kappa shape index (κ2) is 8.74. The van der Waals surface area contributed by atoms with Gasteiger partial charge in [-0.25, -0.2) is 4.79 Å². The van der Waals surface area contributed by atoms with Crippen LogP contribution in [0.15, 0.2) is 42.0 Å². The number of carbonyl (C=O) groups is 2. The van der Waals surface area contributed by atoms with Crippen LogP contribution in [0.1, 0.15) is 13.8 Å². The predicted molar refractivity (Wildman–Crippen MR) is 73.3 cm³/mol. The minimum atomic E-state index is -0.480. The Bertz CT molecular complexity index is 464. The van der Waals surface area contributed by atoms with Crippen LogP contribution in [0.2, 0.25) is 0 Å². The van der Waals surface area contributed by atoms with E-state index in [-0.39, 0.29) is 25.8 Å². The van der Waals surface area contributed by atoms with Crippen LogP contribution in [0.5, 0.6) is 5.75 Å². The number of hydrogen-bond acceptors (Lipinski definition) is 5. The van der Waals surface area contributed by atoms with Gasteiger partial charge >= 0.3 is 11.9 Å². The number of rotatable bonds is 7. The van der Waals surface area contributed by atoms with Crippen LogP contribution >= 0.6 is 0 Å². The van der Waals surface area contributed by atoms with E-state index >= 15 is 0 Å². The summed E-state index contributed by atoms with van der Waals surface area (Å²) < 4.78 is 15.1. The van der Waals surface area contributed by atoms with E-state index in [1.54, 1.807) is 6.92 Å². The normalized spacial score (nSPS) is 10.8. The van der Waals surface area contributed by atoms with Gasteiger partial charge in [-0.15, -0.1) is 0 Å². The summed E-state index contributed by atoms with van der Waals surface area (Å²) in [6.45, 7) is 3.53. The second-order valence-corrected chi connectivity index (χ2v) is 4.10. The van der Waals surface area contributed by atoms with Crippen molar-refractivity contribution in [1.82, 2.24) is 0 Å². The third kappa shape index (κ3) is 7.20. The second-order valence-electron chi connectivity index (χ2n) is 4.10. The van der Waals surface area contributed by atoms with Crippen LogP contribution in [-0.4, -0.2) is 31.8 Å². The quantitative estimate of drug-likeness (QED) is 0.434. The summed E-state index contributed by atoms with van der Waals surface area (Å²) in [6, 6.07) is 9.27. The van der Waals surface area contributed by atoms with Gasteiger partial charge in [-0.05, 0) is 24.6 Å². The lowest BCUT2D eigenvalue weighted by Gasteiger charge is -2.06. The van der Waals surface area contributed by atoms with Crippen LogP contribution in [0, 0.1) is 0 Å². The fraction of sp³-hybridized carbons (Fsp3) is 0.333. The van der Waals surface area contributed by atoms with Crippen molar-refractivity contribution in [2.24, 2.45) is 0 Å². The van der Waals surface area contributed by atoms with E-state index in [4.69, 9.17) is 14.2 Å². The van der Waals surface area contributed by atoms with Gasteiger partial charge in [-0.2, -0.15) is 0 Å². The zero-order chi connectivity index (χ0) is 14.8. The molecule has 0 heterocycles. The van der Waals surface area contributed by atoms with Crippen LogP contribution in [0.25, 0.3) is 0 Å². The fourth-order valence-electron chi connectivity index (χ4n) is 1.32. The number of para-hydroxylation sites is 1. The molecule has 0 N–H and O–H groups in total. The Labute approximate surface area is 118 Å². The van der Waals surface area contributed by atoms with Crippen LogP contribution in [-0.2, 0) is 19.1 Å². The van der Waals surface area contributed by atoms with Crippen molar-refractivity contribution >= 4 is 11.9 Å². The maximum Gasteiger partial charge on any atom is 0.330 e. The topological polar surface area (TPSA) is 61.8 Å². The Kier molecular flexibility index (Phi) is 6.89. The summed E-state index contributed by atoms with van der Waals surface area (Å²) in [6.07, 6.45) is 1.30. The lowest BCUT2D eigenvalue weighted by molar-refractivity contribution is -0.141. The number of ether oxygens (including phenoxy) is 3. The maximum absolute atomic E-state index is 11.4. The van der Waals surface area contributed by atoms with Crippen LogP contribution in [0.4, 0.5) is 0 Å². The minimum Gasteiger partial charge on any atom is -0.490 e. The molecule has 0 bridgehead atoms. The van der Waals surface area contributed by atoms with E-state index in [0.717, 1.165) is 5.75 Å². The van der Waals surface area contributed by atoms with Crippen molar-refractivity contribution in [3.05, 3.63) is 42.0 Å². The number of hydrogen-bond donors (Lipinski definition) is 0. The monoisotopic (exact) mass is 278 g/mol. The first kappa shape index (κ1) is 15.8. The Morgan fingerprint density at radius 3 is 2.40 bits per heavy atom. The number of carbonyl (C=O) groups excluding carboxylic acids is 2. The summed E-state index contributed by atoms with van der Waals surface area (Å²) >= 11 is 0. The molecule has 0 saturated carbocycles. The van der Waals surface area contributed by atoms with Gasteiger partial charge in [0.1, 0.15) is 25.6 Å². The van der Waals surface area contributed by atoms with Gasteiger partial charge in [0.2, 0.25) is 0 Å². The average Bonchev–Trinajstić information content (AvgIpc) is 2.42. The lowest BCUT2D eigenvalue weighted by atomic mass is 10.3. The van der Waals surface area contributed by atoms with Gasteiger partial charge in [0.05, 0.1) is 0 Å². The molecule has 0 saturated heterocycles. The fourth-order valence-corrected chi connectivity index (χ4v) is 1.32. The van der Waals surface area contributed by atoms with Gasteiger partial charge in [0.25, 0.3) is 0 Å². The Balaban J connectivity index is 2.19. The van der Waals surface area contributed by atoms with E-state index in [9.17, 15) is 9.59 Å². The first-order valence-electron chi connectivity index (χ1n) is 6.23. The summed E-state index contributed by atoms with van der Waals surface area (Å²) in [5, 5.41) is 0. The highest BCUT2D eigenvalue weighted by Gasteiger charge is 2.01. The smallest absolute Gasteiger partial charge is 0.330 e. The van der Waals surface area contributed by atoms with Gasteiger partial charge in [0.15, 0.2) is 0 Å². The molecular formula is C15H18O5. The molecule has 0 unspecified atom stereocenters. The zero-order valence-electron chi connectivity index (χ0n) is 11.6. The summed E-state index contributed by atoms with van der Waals surface area (Å²) in [7, 11) is 0. The highest BCUT2D eigenvalue weighted by molar-refractivity contribution is 5.82. The predicted octanol–water partition coefficient (Wildman–Crippen LogP) is 2.12. The molecule has 0 atom stereocenters. The zero-order valence-corrected chi connectivity index (χ0v) is 11.6. The van der Waals surface area contributed by atoms with Crippen molar-refractivity contribution in [3.63, 3.8) is 0 Å². The van der Waals surface area contributed by atoms with Gasteiger partial charge in [-0.3, -0.25) is 4.79 Å². The highest BCUT2D eigenvalue weighted by atomic mass is 16.6. The van der Waals surface area contributed by atoms with Crippen molar-refractivity contribution < 1.29 is 23.8 Å². The molecule has 1 rings (SSSR count). The molecule has 0 aliphatic carbocycles. The molecule has 0 aliphatic rings.